The van der Waals surface area contributed by atoms with Crippen LogP contribution in [-0.2, 0) is 27.4 Å². The van der Waals surface area contributed by atoms with Crippen molar-refractivity contribution in [3.05, 3.63) is 71.8 Å². The second kappa shape index (κ2) is 17.3. The Morgan fingerprint density at radius 1 is 0.897 bits per heavy atom. The van der Waals surface area contributed by atoms with Gasteiger partial charge < -0.3 is 20.3 Å². The second-order valence-electron chi connectivity index (χ2n) is 10.5. The summed E-state index contributed by atoms with van der Waals surface area (Å²) in [5.74, 6) is 0.588. The molecule has 0 spiro atoms. The highest BCUT2D eigenvalue weighted by Crippen LogP contribution is 2.22. The van der Waals surface area contributed by atoms with Crippen LogP contribution in [0.25, 0.3) is 0 Å². The minimum absolute atomic E-state index is 0.0478. The Kier molecular flexibility index (Phi) is 13.4. The highest BCUT2D eigenvalue weighted by atomic mass is 16.5. The van der Waals surface area contributed by atoms with E-state index in [0.717, 1.165) is 56.9 Å². The van der Waals surface area contributed by atoms with Gasteiger partial charge in [0.2, 0.25) is 11.8 Å². The zero-order valence-corrected chi connectivity index (χ0v) is 23.4. The fourth-order valence-corrected chi connectivity index (χ4v) is 5.01. The van der Waals surface area contributed by atoms with Crippen LogP contribution < -0.4 is 10.6 Å². The quantitative estimate of drug-likeness (QED) is 0.289. The average Bonchev–Trinajstić information content (AvgIpc) is 2.96. The van der Waals surface area contributed by atoms with Gasteiger partial charge in [0.15, 0.2) is 0 Å². The largest absolute Gasteiger partial charge is 0.445 e. The van der Waals surface area contributed by atoms with Gasteiger partial charge in [-0.1, -0.05) is 80.4 Å². The molecule has 212 valence electrons. The van der Waals surface area contributed by atoms with Gasteiger partial charge in [-0.05, 0) is 62.0 Å². The van der Waals surface area contributed by atoms with Gasteiger partial charge in [0, 0.05) is 26.1 Å². The lowest BCUT2D eigenvalue weighted by Crippen LogP contribution is -2.51. The van der Waals surface area contributed by atoms with Crippen LogP contribution in [0.1, 0.15) is 75.8 Å². The zero-order valence-electron chi connectivity index (χ0n) is 23.4. The molecule has 1 saturated heterocycles. The van der Waals surface area contributed by atoms with E-state index in [1.807, 2.05) is 41.3 Å². The minimum atomic E-state index is -0.640. The molecule has 2 N–H and O–H groups in total. The third-order valence-electron chi connectivity index (χ3n) is 7.35. The van der Waals surface area contributed by atoms with Crippen molar-refractivity contribution >= 4 is 17.9 Å². The molecule has 0 saturated carbocycles. The van der Waals surface area contributed by atoms with Crippen molar-refractivity contribution in [1.82, 2.24) is 15.5 Å². The molecule has 1 heterocycles. The summed E-state index contributed by atoms with van der Waals surface area (Å²) in [4.78, 5) is 39.9. The highest BCUT2D eigenvalue weighted by Gasteiger charge is 2.29. The Hall–Kier alpha value is -3.35. The summed E-state index contributed by atoms with van der Waals surface area (Å²) in [6.45, 7) is 4.24. The van der Waals surface area contributed by atoms with Crippen molar-refractivity contribution in [2.45, 2.75) is 83.8 Å². The van der Waals surface area contributed by atoms with Crippen LogP contribution in [-0.4, -0.2) is 48.5 Å². The Morgan fingerprint density at radius 2 is 1.56 bits per heavy atom. The molecule has 2 aromatic carbocycles. The topological polar surface area (TPSA) is 87.7 Å². The third kappa shape index (κ3) is 11.5. The normalized spacial score (nSPS) is 14.4. The zero-order chi connectivity index (χ0) is 27.7. The van der Waals surface area contributed by atoms with E-state index in [2.05, 4.69) is 41.8 Å². The number of hydrogen-bond acceptors (Lipinski definition) is 4. The number of carbonyl (C=O) groups is 3. The Labute approximate surface area is 233 Å². The van der Waals surface area contributed by atoms with E-state index in [9.17, 15) is 14.4 Å². The van der Waals surface area contributed by atoms with Crippen LogP contribution >= 0.6 is 0 Å². The molecule has 7 heteroatoms. The molecule has 1 atom stereocenters. The summed E-state index contributed by atoms with van der Waals surface area (Å²) >= 11 is 0. The third-order valence-corrected chi connectivity index (χ3v) is 7.35. The maximum Gasteiger partial charge on any atom is 0.408 e. The molecular weight excluding hydrogens is 490 g/mol. The number of likely N-dealkylation sites (tertiary alicyclic amines) is 1. The Morgan fingerprint density at radius 3 is 2.23 bits per heavy atom. The maximum absolute atomic E-state index is 13.5. The highest BCUT2D eigenvalue weighted by molar-refractivity contribution is 5.85. The summed E-state index contributed by atoms with van der Waals surface area (Å²) in [6.07, 6.45) is 7.96. The SMILES string of the molecule is CCCCCC(=O)NCCCCC(NC(=O)OCc1ccccc1)C(=O)N1CCC(Cc2ccccc2)CC1. The first-order valence-electron chi connectivity index (χ1n) is 14.6. The number of amides is 3. The number of nitrogens with zero attached hydrogens (tertiary/aromatic N) is 1. The number of unbranched alkanes of at least 4 members (excludes halogenated alkanes) is 3. The molecule has 39 heavy (non-hydrogen) atoms. The standard InChI is InChI=1S/C32H45N3O4/c1-2-3-6-18-30(36)33-21-12-11-17-29(34-32(38)39-25-28-15-9-5-10-16-28)31(37)35-22-19-27(20-23-35)24-26-13-7-4-8-14-26/h4-5,7-10,13-16,27,29H,2-3,6,11-12,17-25H2,1H3,(H,33,36)(H,34,38). The molecule has 0 aliphatic carbocycles. The summed E-state index contributed by atoms with van der Waals surface area (Å²) in [5, 5.41) is 5.80. The van der Waals surface area contributed by atoms with Crippen molar-refractivity contribution in [1.29, 1.82) is 0 Å². The molecule has 0 bridgehead atoms. The van der Waals surface area contributed by atoms with Crippen LogP contribution in [0.4, 0.5) is 4.79 Å². The van der Waals surface area contributed by atoms with Gasteiger partial charge in [0.05, 0.1) is 0 Å². The van der Waals surface area contributed by atoms with E-state index in [1.54, 1.807) is 0 Å². The van der Waals surface area contributed by atoms with E-state index in [0.29, 0.717) is 38.4 Å². The first-order valence-corrected chi connectivity index (χ1v) is 14.6. The second-order valence-corrected chi connectivity index (χ2v) is 10.5. The fourth-order valence-electron chi connectivity index (χ4n) is 5.01. The van der Waals surface area contributed by atoms with E-state index in [-0.39, 0.29) is 18.4 Å². The predicted octanol–water partition coefficient (Wildman–Crippen LogP) is 5.63. The lowest BCUT2D eigenvalue weighted by molar-refractivity contribution is -0.135. The molecule has 3 amide bonds. The van der Waals surface area contributed by atoms with Crippen LogP contribution in [0.3, 0.4) is 0 Å². The van der Waals surface area contributed by atoms with E-state index in [1.165, 1.54) is 5.56 Å². The lowest BCUT2D eigenvalue weighted by Gasteiger charge is -2.34. The average molecular weight is 536 g/mol. The number of benzene rings is 2. The number of hydrogen-bond donors (Lipinski definition) is 2. The van der Waals surface area contributed by atoms with Crippen LogP contribution in [0.15, 0.2) is 60.7 Å². The van der Waals surface area contributed by atoms with E-state index >= 15 is 0 Å². The summed E-state index contributed by atoms with van der Waals surface area (Å²) in [5.41, 5.74) is 2.23. The van der Waals surface area contributed by atoms with Crippen molar-refractivity contribution < 1.29 is 19.1 Å². The predicted molar refractivity (Wildman–Crippen MR) is 154 cm³/mol. The van der Waals surface area contributed by atoms with Gasteiger partial charge in [-0.15, -0.1) is 0 Å². The number of nitrogens with one attached hydrogen (secondary N) is 2. The molecule has 1 aliphatic heterocycles. The van der Waals surface area contributed by atoms with Gasteiger partial charge in [0.1, 0.15) is 12.6 Å². The molecule has 1 fully saturated rings. The summed E-state index contributed by atoms with van der Waals surface area (Å²) < 4.78 is 5.41. The molecule has 3 rings (SSSR count). The molecule has 1 unspecified atom stereocenters. The molecule has 2 aromatic rings. The molecular formula is C32H45N3O4. The molecule has 0 aromatic heterocycles. The van der Waals surface area contributed by atoms with Crippen LogP contribution in [0.2, 0.25) is 0 Å². The van der Waals surface area contributed by atoms with Gasteiger partial charge in [0.25, 0.3) is 0 Å². The number of alkyl carbamates (subject to hydrolysis) is 1. The van der Waals surface area contributed by atoms with E-state index in [4.69, 9.17) is 4.74 Å². The van der Waals surface area contributed by atoms with Gasteiger partial charge in [-0.3, -0.25) is 9.59 Å². The van der Waals surface area contributed by atoms with Crippen molar-refractivity contribution in [3.8, 4) is 0 Å². The van der Waals surface area contributed by atoms with Crippen LogP contribution in [0.5, 0.6) is 0 Å². The molecule has 0 radical (unpaired) electrons. The molecule has 1 aliphatic rings. The monoisotopic (exact) mass is 535 g/mol. The van der Waals surface area contributed by atoms with Crippen molar-refractivity contribution in [2.24, 2.45) is 5.92 Å². The number of carbonyl (C=O) groups excluding carboxylic acids is 3. The summed E-state index contributed by atoms with van der Waals surface area (Å²) in [7, 11) is 0. The van der Waals surface area contributed by atoms with E-state index < -0.39 is 12.1 Å². The lowest BCUT2D eigenvalue weighted by atomic mass is 9.90. The number of rotatable bonds is 15. The van der Waals surface area contributed by atoms with Crippen molar-refractivity contribution in [3.63, 3.8) is 0 Å². The summed E-state index contributed by atoms with van der Waals surface area (Å²) in [6, 6.07) is 19.3. The van der Waals surface area contributed by atoms with Gasteiger partial charge in [-0.25, -0.2) is 4.79 Å². The fraction of sp³-hybridized carbons (Fsp3) is 0.531. The smallest absolute Gasteiger partial charge is 0.408 e. The Balaban J connectivity index is 1.47. The number of ether oxygens (including phenoxy) is 1. The minimum Gasteiger partial charge on any atom is -0.445 e. The van der Waals surface area contributed by atoms with Gasteiger partial charge in [-0.2, -0.15) is 0 Å². The first-order chi connectivity index (χ1) is 19.0. The number of piperidine rings is 1. The van der Waals surface area contributed by atoms with Crippen LogP contribution in [0, 0.1) is 5.92 Å². The van der Waals surface area contributed by atoms with Gasteiger partial charge >= 0.3 is 6.09 Å². The maximum atomic E-state index is 13.5. The Bertz CT molecular complexity index is 991. The van der Waals surface area contributed by atoms with Crippen molar-refractivity contribution in [2.75, 3.05) is 19.6 Å². The first kappa shape index (κ1) is 30.2. The molecule has 7 nitrogen and oxygen atoms in total.